The van der Waals surface area contributed by atoms with Gasteiger partial charge in [-0.05, 0) is 32.1 Å². The van der Waals surface area contributed by atoms with E-state index in [2.05, 4.69) is 41.5 Å². The predicted octanol–water partition coefficient (Wildman–Crippen LogP) is 4.66. The lowest BCUT2D eigenvalue weighted by Crippen LogP contribution is -2.13. The zero-order valence-corrected chi connectivity index (χ0v) is 11.7. The highest BCUT2D eigenvalue weighted by Crippen LogP contribution is 2.18. The smallest absolute Gasteiger partial charge is 0.0610 e. The molecule has 0 saturated heterocycles. The van der Waals surface area contributed by atoms with Crippen LogP contribution < -0.4 is 0 Å². The van der Waals surface area contributed by atoms with Gasteiger partial charge in [0.25, 0.3) is 0 Å². The summed E-state index contributed by atoms with van der Waals surface area (Å²) in [5, 5.41) is 0. The highest BCUT2D eigenvalue weighted by molar-refractivity contribution is 6.29. The molecular formula is C13H24ClN. The van der Waals surface area contributed by atoms with Crippen molar-refractivity contribution in [2.24, 2.45) is 16.8 Å². The number of halogens is 1. The fourth-order valence-corrected chi connectivity index (χ4v) is 1.80. The van der Waals surface area contributed by atoms with Crippen molar-refractivity contribution < 1.29 is 0 Å². The number of alkyl halides is 1. The lowest BCUT2D eigenvalue weighted by atomic mass is 10.0. The minimum absolute atomic E-state index is 0.470. The Morgan fingerprint density at radius 2 is 1.73 bits per heavy atom. The Labute approximate surface area is 99.6 Å². The third kappa shape index (κ3) is 4.83. The monoisotopic (exact) mass is 229 g/mol. The third-order valence-corrected chi connectivity index (χ3v) is 2.92. The van der Waals surface area contributed by atoms with Gasteiger partial charge in [0.2, 0.25) is 0 Å². The molecule has 0 amide bonds. The molecule has 0 aromatic carbocycles. The standard InChI is InChI=1S/C13H24ClN/c1-7-11(6)12(8-14)15-13(9(2)3)10(4)5/h9,11H,7-8H2,1-6H3. The molecule has 0 aromatic heterocycles. The first-order chi connectivity index (χ1) is 6.93. The van der Waals surface area contributed by atoms with Gasteiger partial charge in [0.15, 0.2) is 0 Å². The first kappa shape index (κ1) is 14.7. The van der Waals surface area contributed by atoms with Crippen molar-refractivity contribution in [2.45, 2.75) is 48.0 Å². The topological polar surface area (TPSA) is 12.4 Å². The molecule has 0 rings (SSSR count). The molecule has 0 aromatic rings. The molecule has 0 spiro atoms. The van der Waals surface area contributed by atoms with Gasteiger partial charge in [-0.2, -0.15) is 0 Å². The van der Waals surface area contributed by atoms with Crippen LogP contribution in [0.2, 0.25) is 0 Å². The molecule has 1 nitrogen and oxygen atoms in total. The minimum atomic E-state index is 0.470. The van der Waals surface area contributed by atoms with Crippen LogP contribution in [0.5, 0.6) is 0 Å². The fraction of sp³-hybridized carbons (Fsp3) is 0.769. The van der Waals surface area contributed by atoms with Gasteiger partial charge < -0.3 is 0 Å². The number of allylic oxidation sites excluding steroid dienone is 2. The van der Waals surface area contributed by atoms with Gasteiger partial charge in [-0.25, -0.2) is 0 Å². The van der Waals surface area contributed by atoms with Gasteiger partial charge in [-0.15, -0.1) is 11.6 Å². The van der Waals surface area contributed by atoms with E-state index in [-0.39, 0.29) is 0 Å². The Balaban J connectivity index is 5.03. The predicted molar refractivity (Wildman–Crippen MR) is 70.8 cm³/mol. The lowest BCUT2D eigenvalue weighted by molar-refractivity contribution is 0.712. The second-order valence-corrected chi connectivity index (χ2v) is 4.85. The average Bonchev–Trinajstić information content (AvgIpc) is 2.17. The molecule has 88 valence electrons. The molecule has 1 atom stereocenters. The van der Waals surface area contributed by atoms with Crippen LogP contribution in [0.1, 0.15) is 48.0 Å². The first-order valence-corrected chi connectivity index (χ1v) is 6.28. The summed E-state index contributed by atoms with van der Waals surface area (Å²) < 4.78 is 0. The van der Waals surface area contributed by atoms with Gasteiger partial charge in [0.05, 0.1) is 5.88 Å². The summed E-state index contributed by atoms with van der Waals surface area (Å²) in [4.78, 5) is 4.73. The zero-order valence-electron chi connectivity index (χ0n) is 10.9. The van der Waals surface area contributed by atoms with Crippen LogP contribution in [0.3, 0.4) is 0 Å². The maximum absolute atomic E-state index is 5.94. The number of rotatable bonds is 5. The van der Waals surface area contributed by atoms with E-state index < -0.39 is 0 Å². The van der Waals surface area contributed by atoms with E-state index in [0.29, 0.717) is 17.7 Å². The van der Waals surface area contributed by atoms with Crippen molar-refractivity contribution in [3.63, 3.8) is 0 Å². The van der Waals surface area contributed by atoms with Crippen LogP contribution >= 0.6 is 11.6 Å². The van der Waals surface area contributed by atoms with E-state index in [9.17, 15) is 0 Å². The summed E-state index contributed by atoms with van der Waals surface area (Å²) in [6.45, 7) is 12.9. The average molecular weight is 230 g/mol. The fourth-order valence-electron chi connectivity index (χ4n) is 1.48. The summed E-state index contributed by atoms with van der Waals surface area (Å²) in [6, 6.07) is 0. The van der Waals surface area contributed by atoms with Crippen LogP contribution in [-0.4, -0.2) is 11.6 Å². The highest BCUT2D eigenvalue weighted by Gasteiger charge is 2.10. The third-order valence-electron chi connectivity index (χ3n) is 2.64. The van der Waals surface area contributed by atoms with Crippen molar-refractivity contribution in [2.75, 3.05) is 5.88 Å². The quantitative estimate of drug-likeness (QED) is 0.480. The SMILES string of the molecule is CCC(C)C(CCl)=NC(=C(C)C)C(C)C. The molecule has 0 radical (unpaired) electrons. The van der Waals surface area contributed by atoms with Gasteiger partial charge in [-0.3, -0.25) is 4.99 Å². The zero-order chi connectivity index (χ0) is 12.0. The summed E-state index contributed by atoms with van der Waals surface area (Å²) in [7, 11) is 0. The summed E-state index contributed by atoms with van der Waals surface area (Å²) in [6.07, 6.45) is 1.10. The first-order valence-electron chi connectivity index (χ1n) is 5.74. The number of nitrogens with zero attached hydrogens (tertiary/aromatic N) is 1. The molecule has 0 bridgehead atoms. The summed E-state index contributed by atoms with van der Waals surface area (Å²) in [5.74, 6) is 1.49. The van der Waals surface area contributed by atoms with Crippen LogP contribution in [0.15, 0.2) is 16.3 Å². The maximum atomic E-state index is 5.94. The minimum Gasteiger partial charge on any atom is -0.261 e. The van der Waals surface area contributed by atoms with Gasteiger partial charge >= 0.3 is 0 Å². The van der Waals surface area contributed by atoms with Crippen molar-refractivity contribution >= 4 is 17.3 Å². The Bertz CT molecular complexity index is 247. The molecule has 0 saturated carbocycles. The Morgan fingerprint density at radius 3 is 2.00 bits per heavy atom. The number of hydrogen-bond acceptors (Lipinski definition) is 1. The second-order valence-electron chi connectivity index (χ2n) is 4.59. The van der Waals surface area contributed by atoms with Crippen LogP contribution in [-0.2, 0) is 0 Å². The number of aliphatic imine (C=N–C) groups is 1. The molecule has 2 heteroatoms. The van der Waals surface area contributed by atoms with Crippen molar-refractivity contribution in [1.29, 1.82) is 0 Å². The molecule has 15 heavy (non-hydrogen) atoms. The van der Waals surface area contributed by atoms with Gasteiger partial charge in [0.1, 0.15) is 0 Å². The van der Waals surface area contributed by atoms with E-state index in [4.69, 9.17) is 16.6 Å². The van der Waals surface area contributed by atoms with E-state index in [1.165, 1.54) is 11.3 Å². The Hall–Kier alpha value is -0.300. The van der Waals surface area contributed by atoms with E-state index >= 15 is 0 Å². The van der Waals surface area contributed by atoms with Gasteiger partial charge in [0, 0.05) is 11.4 Å². The van der Waals surface area contributed by atoms with Crippen molar-refractivity contribution in [3.05, 3.63) is 11.3 Å². The number of hydrogen-bond donors (Lipinski definition) is 0. The Morgan fingerprint density at radius 1 is 1.20 bits per heavy atom. The lowest BCUT2D eigenvalue weighted by Gasteiger charge is -2.14. The van der Waals surface area contributed by atoms with Crippen LogP contribution in [0.25, 0.3) is 0 Å². The van der Waals surface area contributed by atoms with Crippen LogP contribution in [0, 0.1) is 11.8 Å². The molecule has 0 aliphatic heterocycles. The van der Waals surface area contributed by atoms with E-state index in [1.807, 2.05) is 0 Å². The summed E-state index contributed by atoms with van der Waals surface area (Å²) >= 11 is 5.94. The van der Waals surface area contributed by atoms with Gasteiger partial charge in [-0.1, -0.05) is 33.3 Å². The Kier molecular flexibility index (Phi) is 6.91. The van der Waals surface area contributed by atoms with E-state index in [0.717, 1.165) is 12.1 Å². The summed E-state index contributed by atoms with van der Waals surface area (Å²) in [5.41, 5.74) is 3.59. The molecule has 0 N–H and O–H groups in total. The molecule has 0 aliphatic carbocycles. The second kappa shape index (κ2) is 7.05. The normalized spacial score (nSPS) is 14.3. The molecule has 1 unspecified atom stereocenters. The molecule has 0 aliphatic rings. The van der Waals surface area contributed by atoms with E-state index in [1.54, 1.807) is 0 Å². The maximum Gasteiger partial charge on any atom is 0.0610 e. The molecule has 0 fully saturated rings. The molecular weight excluding hydrogens is 206 g/mol. The largest absolute Gasteiger partial charge is 0.261 e. The molecule has 0 heterocycles. The van der Waals surface area contributed by atoms with Crippen LogP contribution in [0.4, 0.5) is 0 Å². The highest BCUT2D eigenvalue weighted by atomic mass is 35.5. The van der Waals surface area contributed by atoms with Crippen molar-refractivity contribution in [3.8, 4) is 0 Å². The van der Waals surface area contributed by atoms with Crippen molar-refractivity contribution in [1.82, 2.24) is 0 Å².